The predicted molar refractivity (Wildman–Crippen MR) is 96.2 cm³/mol. The molecule has 3 rings (SSSR count). The molecule has 0 radical (unpaired) electrons. The third-order valence-corrected chi connectivity index (χ3v) is 4.74. The molecule has 1 aromatic heterocycles. The molecule has 1 heterocycles. The number of nitrogens with zero attached hydrogens (tertiary/aromatic N) is 1. The van der Waals surface area contributed by atoms with E-state index in [0.29, 0.717) is 10.1 Å². The van der Waals surface area contributed by atoms with Crippen LogP contribution < -0.4 is 4.74 Å². The van der Waals surface area contributed by atoms with Crippen molar-refractivity contribution in [1.82, 2.24) is 0 Å². The average molecular weight is 407 g/mol. The smallest absolute Gasteiger partial charge is 0.387 e. The molecule has 0 atom stereocenters. The van der Waals surface area contributed by atoms with E-state index in [-0.39, 0.29) is 21.9 Å². The highest BCUT2D eigenvalue weighted by Gasteiger charge is 2.16. The van der Waals surface area contributed by atoms with Crippen LogP contribution in [0.3, 0.4) is 0 Å². The molecule has 28 heavy (non-hydrogen) atoms. The van der Waals surface area contributed by atoms with Crippen LogP contribution in [0.4, 0.5) is 14.5 Å². The maximum absolute atomic E-state index is 12.1. The number of carbonyl (C=O) groups is 2. The second-order valence-corrected chi connectivity index (χ2v) is 6.58. The van der Waals surface area contributed by atoms with Crippen LogP contribution in [0.5, 0.6) is 5.75 Å². The largest absolute Gasteiger partial charge is 0.453 e. The van der Waals surface area contributed by atoms with Gasteiger partial charge in [-0.25, -0.2) is 4.79 Å². The van der Waals surface area contributed by atoms with E-state index < -0.39 is 29.9 Å². The Balaban J connectivity index is 1.64. The summed E-state index contributed by atoms with van der Waals surface area (Å²) in [5, 5.41) is 11.3. The van der Waals surface area contributed by atoms with Crippen molar-refractivity contribution in [3.63, 3.8) is 0 Å². The number of ketones is 1. The van der Waals surface area contributed by atoms with E-state index in [1.54, 1.807) is 0 Å². The number of non-ortho nitro benzene ring substituents is 1. The number of rotatable bonds is 7. The lowest BCUT2D eigenvalue weighted by atomic mass is 10.1. The monoisotopic (exact) mass is 407 g/mol. The van der Waals surface area contributed by atoms with E-state index in [2.05, 4.69) is 4.74 Å². The van der Waals surface area contributed by atoms with Crippen molar-refractivity contribution >= 4 is 38.9 Å². The number of alkyl halides is 2. The van der Waals surface area contributed by atoms with Crippen molar-refractivity contribution in [2.45, 2.75) is 6.61 Å². The van der Waals surface area contributed by atoms with Crippen molar-refractivity contribution in [2.24, 2.45) is 0 Å². The topological polar surface area (TPSA) is 95.7 Å². The Morgan fingerprint density at radius 3 is 2.46 bits per heavy atom. The Kier molecular flexibility index (Phi) is 5.59. The molecule has 0 aliphatic heterocycles. The van der Waals surface area contributed by atoms with Gasteiger partial charge in [0, 0.05) is 27.8 Å². The summed E-state index contributed by atoms with van der Waals surface area (Å²) in [5.74, 6) is -1.36. The maximum Gasteiger partial charge on any atom is 0.387 e. The molecular weight excluding hydrogens is 396 g/mol. The Morgan fingerprint density at radius 1 is 1.11 bits per heavy atom. The molecule has 3 aromatic rings. The minimum atomic E-state index is -2.97. The molecule has 0 bridgehead atoms. The van der Waals surface area contributed by atoms with Crippen LogP contribution in [0, 0.1) is 10.1 Å². The van der Waals surface area contributed by atoms with E-state index in [0.717, 1.165) is 11.3 Å². The summed E-state index contributed by atoms with van der Waals surface area (Å²) in [7, 11) is 0. The minimum Gasteiger partial charge on any atom is -0.453 e. The minimum absolute atomic E-state index is 0.0945. The van der Waals surface area contributed by atoms with Gasteiger partial charge in [0.2, 0.25) is 0 Å². The number of benzene rings is 2. The number of ether oxygens (including phenoxy) is 2. The SMILES string of the molecule is O=C(COC(=O)c1cc2cc([N+](=O)[O-])ccc2s1)c1ccc(OC(F)F)cc1. The quantitative estimate of drug-likeness (QED) is 0.248. The lowest BCUT2D eigenvalue weighted by Gasteiger charge is -2.06. The van der Waals surface area contributed by atoms with Crippen LogP contribution in [-0.2, 0) is 4.74 Å². The third kappa shape index (κ3) is 4.46. The molecule has 0 unspecified atom stereocenters. The first-order valence-electron chi connectivity index (χ1n) is 7.76. The molecule has 10 heteroatoms. The van der Waals surface area contributed by atoms with Crippen LogP contribution in [0.1, 0.15) is 20.0 Å². The highest BCUT2D eigenvalue weighted by atomic mass is 32.1. The van der Waals surface area contributed by atoms with Crippen molar-refractivity contribution < 1.29 is 32.8 Å². The first-order chi connectivity index (χ1) is 13.3. The summed E-state index contributed by atoms with van der Waals surface area (Å²) < 4.78 is 34.1. The number of nitro benzene ring substituents is 1. The maximum atomic E-state index is 12.1. The van der Waals surface area contributed by atoms with Gasteiger partial charge in [0.25, 0.3) is 5.69 Å². The number of fused-ring (bicyclic) bond motifs is 1. The van der Waals surface area contributed by atoms with Gasteiger partial charge in [-0.3, -0.25) is 14.9 Å². The van der Waals surface area contributed by atoms with Crippen molar-refractivity contribution in [3.05, 3.63) is 69.1 Å². The van der Waals surface area contributed by atoms with Gasteiger partial charge in [-0.05, 0) is 36.4 Å². The molecule has 144 valence electrons. The predicted octanol–water partition coefficient (Wildman–Crippen LogP) is 4.45. The van der Waals surface area contributed by atoms with Gasteiger partial charge in [-0.1, -0.05) is 0 Å². The summed E-state index contributed by atoms with van der Waals surface area (Å²) in [5.41, 5.74) is 0.0704. The van der Waals surface area contributed by atoms with E-state index in [9.17, 15) is 28.5 Å². The molecule has 0 saturated heterocycles. The number of nitro groups is 1. The lowest BCUT2D eigenvalue weighted by molar-refractivity contribution is -0.384. The summed E-state index contributed by atoms with van der Waals surface area (Å²) in [4.78, 5) is 34.7. The third-order valence-electron chi connectivity index (χ3n) is 3.65. The molecule has 0 amide bonds. The van der Waals surface area contributed by atoms with Crippen molar-refractivity contribution in [1.29, 1.82) is 0 Å². The number of carbonyl (C=O) groups excluding carboxylic acids is 2. The molecular formula is C18H11F2NO6S. The van der Waals surface area contributed by atoms with Crippen LogP contribution >= 0.6 is 11.3 Å². The number of esters is 1. The average Bonchev–Trinajstić information content (AvgIpc) is 3.09. The normalized spacial score (nSPS) is 10.8. The van der Waals surface area contributed by atoms with Gasteiger partial charge < -0.3 is 9.47 Å². The van der Waals surface area contributed by atoms with Crippen LogP contribution in [0.15, 0.2) is 48.5 Å². The molecule has 0 aliphatic rings. The second kappa shape index (κ2) is 8.09. The summed E-state index contributed by atoms with van der Waals surface area (Å²) in [6.07, 6.45) is 0. The van der Waals surface area contributed by atoms with Gasteiger partial charge in [-0.2, -0.15) is 8.78 Å². The van der Waals surface area contributed by atoms with Gasteiger partial charge in [0.15, 0.2) is 12.4 Å². The van der Waals surface area contributed by atoms with E-state index in [4.69, 9.17) is 4.74 Å². The summed E-state index contributed by atoms with van der Waals surface area (Å²) in [6, 6.07) is 10.6. The highest BCUT2D eigenvalue weighted by molar-refractivity contribution is 7.20. The van der Waals surface area contributed by atoms with Gasteiger partial charge in [0.1, 0.15) is 10.6 Å². The second-order valence-electron chi connectivity index (χ2n) is 5.49. The number of hydrogen-bond acceptors (Lipinski definition) is 7. The Morgan fingerprint density at radius 2 is 1.82 bits per heavy atom. The molecule has 0 saturated carbocycles. The van der Waals surface area contributed by atoms with Crippen LogP contribution in [0.25, 0.3) is 10.1 Å². The van der Waals surface area contributed by atoms with Gasteiger partial charge >= 0.3 is 12.6 Å². The Bertz CT molecular complexity index is 1050. The zero-order valence-electron chi connectivity index (χ0n) is 14.0. The fourth-order valence-electron chi connectivity index (χ4n) is 2.35. The molecule has 0 aliphatic carbocycles. The number of halogens is 2. The zero-order chi connectivity index (χ0) is 20.3. The lowest BCUT2D eigenvalue weighted by Crippen LogP contribution is -2.13. The van der Waals surface area contributed by atoms with Gasteiger partial charge in [0.05, 0.1) is 4.92 Å². The van der Waals surface area contributed by atoms with Gasteiger partial charge in [-0.15, -0.1) is 11.3 Å². The Hall–Kier alpha value is -3.40. The summed E-state index contributed by atoms with van der Waals surface area (Å²) in [6.45, 7) is -3.51. The highest BCUT2D eigenvalue weighted by Crippen LogP contribution is 2.29. The number of thiophene rings is 1. The zero-order valence-corrected chi connectivity index (χ0v) is 14.8. The first kappa shape index (κ1) is 19.4. The molecule has 0 N–H and O–H groups in total. The van der Waals surface area contributed by atoms with E-state index >= 15 is 0 Å². The molecule has 7 nitrogen and oxygen atoms in total. The summed E-state index contributed by atoms with van der Waals surface area (Å²) >= 11 is 1.08. The first-order valence-corrected chi connectivity index (χ1v) is 8.58. The van der Waals surface area contributed by atoms with Crippen LogP contribution in [-0.4, -0.2) is 29.9 Å². The fourth-order valence-corrected chi connectivity index (χ4v) is 3.29. The number of Topliss-reactive ketones (excluding diaryl/α,β-unsaturated/α-hetero) is 1. The molecule has 2 aromatic carbocycles. The van der Waals surface area contributed by atoms with E-state index in [1.165, 1.54) is 48.5 Å². The molecule has 0 spiro atoms. The number of hydrogen-bond donors (Lipinski definition) is 0. The Labute approximate surface area is 160 Å². The van der Waals surface area contributed by atoms with Crippen LogP contribution in [0.2, 0.25) is 0 Å². The van der Waals surface area contributed by atoms with E-state index in [1.807, 2.05) is 0 Å². The molecule has 0 fully saturated rings. The van der Waals surface area contributed by atoms with Crippen molar-refractivity contribution in [2.75, 3.05) is 6.61 Å². The fraction of sp³-hybridized carbons (Fsp3) is 0.111. The van der Waals surface area contributed by atoms with Crippen molar-refractivity contribution in [3.8, 4) is 5.75 Å². The standard InChI is InChI=1S/C18H11F2NO6S/c19-18(20)27-13-4-1-10(2-5-13)14(22)9-26-17(23)16-8-11-7-12(21(24)25)3-6-15(11)28-16/h1-8,18H,9H2.